The summed E-state index contributed by atoms with van der Waals surface area (Å²) < 4.78 is 38.4. The van der Waals surface area contributed by atoms with Gasteiger partial charge in [-0.2, -0.15) is 0 Å². The van der Waals surface area contributed by atoms with Crippen LogP contribution in [0.1, 0.15) is 80.2 Å². The van der Waals surface area contributed by atoms with Crippen LogP contribution < -0.4 is 5.73 Å². The Kier molecular flexibility index (Phi) is 13.3. The number of benzene rings is 1. The predicted octanol–water partition coefficient (Wildman–Crippen LogP) is 5.07. The van der Waals surface area contributed by atoms with Crippen LogP contribution in [-0.2, 0) is 38.0 Å². The summed E-state index contributed by atoms with van der Waals surface area (Å²) in [4.78, 5) is 33.5. The fourth-order valence-corrected chi connectivity index (χ4v) is 8.93. The summed E-state index contributed by atoms with van der Waals surface area (Å²) in [7, 11) is 3.82. The average molecular weight is 742 g/mol. The third kappa shape index (κ3) is 8.60. The van der Waals surface area contributed by atoms with Crippen molar-refractivity contribution in [1.82, 2.24) is 9.88 Å². The van der Waals surface area contributed by atoms with Crippen LogP contribution in [0.5, 0.6) is 0 Å². The van der Waals surface area contributed by atoms with Crippen molar-refractivity contribution in [1.29, 1.82) is 0 Å². The number of aromatic nitrogens is 1. The maximum Gasteiger partial charge on any atom is 0.316 e. The number of ether oxygens (including phenoxy) is 6. The number of aromatic amines is 1. The molecule has 4 N–H and O–H groups in total. The Morgan fingerprint density at radius 1 is 1.11 bits per heavy atom. The zero-order chi connectivity index (χ0) is 38.8. The Morgan fingerprint density at radius 3 is 2.53 bits per heavy atom. The Morgan fingerprint density at radius 2 is 1.83 bits per heavy atom. The number of rotatable bonds is 8. The van der Waals surface area contributed by atoms with E-state index in [1.165, 1.54) is 0 Å². The number of nitrogens with two attached hydrogens (primary N) is 1. The third-order valence-corrected chi connectivity index (χ3v) is 12.2. The first-order valence-corrected chi connectivity index (χ1v) is 19.3. The molecule has 0 radical (unpaired) electrons. The van der Waals surface area contributed by atoms with Crippen LogP contribution in [0, 0.1) is 23.7 Å². The van der Waals surface area contributed by atoms with Crippen molar-refractivity contribution >= 4 is 28.7 Å². The number of carbonyl (C=O) groups is 2. The Labute approximate surface area is 315 Å². The highest BCUT2D eigenvalue weighted by Crippen LogP contribution is 2.42. The smallest absolute Gasteiger partial charge is 0.316 e. The van der Waals surface area contributed by atoms with Gasteiger partial charge in [0.25, 0.3) is 0 Å². The van der Waals surface area contributed by atoms with Crippen LogP contribution in [0.25, 0.3) is 17.0 Å². The molecule has 3 aliphatic heterocycles. The number of nitrogens with one attached hydrogen (secondary N) is 1. The normalized spacial score (nSPS) is 40.8. The van der Waals surface area contributed by atoms with E-state index < -0.39 is 65.8 Å². The van der Waals surface area contributed by atoms with Crippen molar-refractivity contribution in [2.75, 3.05) is 27.5 Å². The van der Waals surface area contributed by atoms with Crippen molar-refractivity contribution in [2.24, 2.45) is 29.4 Å². The number of H-pyrrole nitrogens is 1. The highest BCUT2D eigenvalue weighted by Gasteiger charge is 2.55. The zero-order valence-electron chi connectivity index (χ0n) is 33.2. The molecule has 4 heterocycles. The molecule has 1 unspecified atom stereocenters. The molecule has 0 amide bonds. The van der Waals surface area contributed by atoms with Crippen LogP contribution in [-0.4, -0.2) is 114 Å². The van der Waals surface area contributed by atoms with Gasteiger partial charge in [0.15, 0.2) is 12.1 Å². The monoisotopic (exact) mass is 741 g/mol. The fourth-order valence-electron chi connectivity index (χ4n) is 8.93. The second kappa shape index (κ2) is 17.0. The molecule has 12 heteroatoms. The number of esters is 1. The van der Waals surface area contributed by atoms with E-state index in [0.29, 0.717) is 19.3 Å². The van der Waals surface area contributed by atoms with E-state index in [0.717, 1.165) is 16.5 Å². The fraction of sp³-hybridized carbons (Fsp3) is 0.707. The molecule has 0 spiro atoms. The van der Waals surface area contributed by atoms with E-state index in [1.807, 2.05) is 90.2 Å². The summed E-state index contributed by atoms with van der Waals surface area (Å²) in [5.41, 5.74) is 7.04. The number of ketones is 1. The first kappa shape index (κ1) is 41.5. The lowest BCUT2D eigenvalue weighted by Crippen LogP contribution is -2.60. The summed E-state index contributed by atoms with van der Waals surface area (Å²) in [6.07, 6.45) is 2.98. The van der Waals surface area contributed by atoms with Gasteiger partial charge in [-0.25, -0.2) is 0 Å². The van der Waals surface area contributed by atoms with Gasteiger partial charge in [-0.3, -0.25) is 9.59 Å². The van der Waals surface area contributed by atoms with E-state index in [2.05, 4.69) is 18.0 Å². The van der Waals surface area contributed by atoms with Crippen molar-refractivity contribution < 1.29 is 43.1 Å². The topological polar surface area (TPSA) is 155 Å². The van der Waals surface area contributed by atoms with Crippen LogP contribution in [0.15, 0.2) is 36.5 Å². The van der Waals surface area contributed by atoms with Gasteiger partial charge in [0, 0.05) is 41.0 Å². The van der Waals surface area contributed by atoms with Crippen molar-refractivity contribution in [2.45, 2.75) is 135 Å². The minimum absolute atomic E-state index is 0.0434. The maximum absolute atomic E-state index is 14.4. The lowest BCUT2D eigenvalue weighted by molar-refractivity contribution is -0.297. The van der Waals surface area contributed by atoms with E-state index in [1.54, 1.807) is 13.8 Å². The predicted molar refractivity (Wildman–Crippen MR) is 203 cm³/mol. The molecule has 12 nitrogen and oxygen atoms in total. The molecule has 2 aromatic rings. The zero-order valence-corrected chi connectivity index (χ0v) is 33.2. The third-order valence-electron chi connectivity index (χ3n) is 12.2. The minimum Gasteiger partial charge on any atom is -0.459 e. The van der Waals surface area contributed by atoms with Crippen LogP contribution in [0.4, 0.5) is 0 Å². The van der Waals surface area contributed by atoms with Gasteiger partial charge in [0.05, 0.1) is 30.5 Å². The minimum atomic E-state index is -1.15. The number of aliphatic hydroxyl groups is 1. The molecule has 53 heavy (non-hydrogen) atoms. The first-order chi connectivity index (χ1) is 25.0. The number of Topliss-reactive ketones (excluding diaryl/α,β-unsaturated/α-hetero) is 1. The molecule has 1 aromatic carbocycles. The van der Waals surface area contributed by atoms with Crippen LogP contribution >= 0.6 is 0 Å². The van der Waals surface area contributed by atoms with Gasteiger partial charge in [-0.1, -0.05) is 58.0 Å². The molecule has 3 saturated heterocycles. The molecule has 14 atom stereocenters. The summed E-state index contributed by atoms with van der Waals surface area (Å²) in [6, 6.07) is 7.43. The van der Waals surface area contributed by atoms with Gasteiger partial charge in [-0.15, -0.1) is 0 Å². The standard InChI is InChI=1S/C41H63N3O9/c1-11-32-41(8)37(48-22-50-41)25(4)33(42)23(2)20-40(7,49-18-14-15-28-21-43-30-17-13-12-16-29(28)30)36(26(5)34(45)27(6)38(47)52-32)53-39-35(46)31(44(9)10)19-24(3)51-39/h12-17,21,23-27,31-33,35-37,39,43,46H,11,18-20,22,42H2,1-10H3/b15-14+/t23-,24-,25+,26+,27-,31+,32-,33+,35-,36-,37?,39+,40+,41-/m1/s1. The quantitative estimate of drug-likeness (QED) is 0.246. The largest absolute Gasteiger partial charge is 0.459 e. The second-order valence-electron chi connectivity index (χ2n) is 16.3. The van der Waals surface area contributed by atoms with Gasteiger partial charge < -0.3 is 49.1 Å². The molecule has 0 saturated carbocycles. The number of hydrogen-bond acceptors (Lipinski definition) is 11. The summed E-state index contributed by atoms with van der Waals surface area (Å²) in [5, 5.41) is 12.7. The summed E-state index contributed by atoms with van der Waals surface area (Å²) in [5.74, 6) is -3.38. The first-order valence-electron chi connectivity index (χ1n) is 19.3. The number of cyclic esters (lactones) is 1. The van der Waals surface area contributed by atoms with E-state index >= 15 is 0 Å². The number of carbonyl (C=O) groups excluding carboxylic acids is 2. The van der Waals surface area contributed by atoms with Crippen molar-refractivity contribution in [3.8, 4) is 0 Å². The van der Waals surface area contributed by atoms with Gasteiger partial charge >= 0.3 is 5.97 Å². The number of para-hydroxylation sites is 1. The van der Waals surface area contributed by atoms with Crippen LogP contribution in [0.3, 0.4) is 0 Å². The molecule has 3 fully saturated rings. The molecule has 1 aromatic heterocycles. The molecule has 3 aliphatic rings. The number of hydrogen-bond donors (Lipinski definition) is 3. The van der Waals surface area contributed by atoms with Crippen LogP contribution in [0.2, 0.25) is 0 Å². The molecule has 0 bridgehead atoms. The molecular weight excluding hydrogens is 678 g/mol. The SMILES string of the molecule is CC[C@H]1OC(=O)[C@H](C)C(=O)[C@H](C)[C@@H](O[C@@H]2O[C@H](C)C[C@H](N(C)C)[C@H]2O)[C@@](C)(OC/C=C/c2c[nH]c3ccccc23)C[C@@H](C)[C@H](N)[C@H](C)C2OCO[C@@]21C. The summed E-state index contributed by atoms with van der Waals surface area (Å²) >= 11 is 0. The van der Waals surface area contributed by atoms with Crippen molar-refractivity contribution in [3.63, 3.8) is 0 Å². The molecule has 0 aliphatic carbocycles. The number of aliphatic hydroxyl groups excluding tert-OH is 1. The second-order valence-corrected chi connectivity index (χ2v) is 16.3. The number of fused-ring (bicyclic) bond motifs is 2. The Hall–Kier alpha value is -2.68. The van der Waals surface area contributed by atoms with E-state index in [4.69, 9.17) is 34.2 Å². The van der Waals surface area contributed by atoms with Gasteiger partial charge in [0.2, 0.25) is 0 Å². The highest BCUT2D eigenvalue weighted by molar-refractivity contribution is 6.00. The molecule has 5 rings (SSSR count). The summed E-state index contributed by atoms with van der Waals surface area (Å²) in [6.45, 7) is 15.4. The molecular formula is C41H63N3O9. The Balaban J connectivity index is 1.55. The lowest BCUT2D eigenvalue weighted by Gasteiger charge is -2.48. The lowest BCUT2D eigenvalue weighted by atomic mass is 9.73. The molecule has 296 valence electrons. The number of likely N-dealkylation sites (N-methyl/N-ethyl adjacent to an activating group) is 1. The van der Waals surface area contributed by atoms with Gasteiger partial charge in [0.1, 0.15) is 30.5 Å². The van der Waals surface area contributed by atoms with Crippen molar-refractivity contribution in [3.05, 3.63) is 42.1 Å². The maximum atomic E-state index is 14.4. The van der Waals surface area contributed by atoms with Gasteiger partial charge in [-0.05, 0) is 78.6 Å². The Bertz CT molecular complexity index is 1580. The highest BCUT2D eigenvalue weighted by atomic mass is 16.7. The number of nitrogens with zero attached hydrogens (tertiary/aromatic N) is 1. The van der Waals surface area contributed by atoms with E-state index in [-0.39, 0.29) is 43.2 Å². The van der Waals surface area contributed by atoms with E-state index in [9.17, 15) is 14.7 Å². The average Bonchev–Trinajstić information content (AvgIpc) is 3.73.